The fraction of sp³-hybridized carbons (Fsp3) is 0.357. The quantitative estimate of drug-likeness (QED) is 0.272. The van der Waals surface area contributed by atoms with Crippen LogP contribution in [0.1, 0.15) is 12.1 Å². The molecule has 1 saturated heterocycles. The van der Waals surface area contributed by atoms with Crippen LogP contribution in [0.3, 0.4) is 0 Å². The second-order valence-corrected chi connectivity index (χ2v) is 8.47. The molecule has 28 heavy (non-hydrogen) atoms. The normalized spacial score (nSPS) is 18.4. The maximum absolute atomic E-state index is 13.3. The van der Waals surface area contributed by atoms with E-state index in [9.17, 15) is 18.0 Å². The molecule has 152 valence electrons. The minimum Gasteiger partial charge on any atom is -0.365 e. The predicted molar refractivity (Wildman–Crippen MR) is 101 cm³/mol. The van der Waals surface area contributed by atoms with Gasteiger partial charge in [-0.25, -0.2) is 19.2 Å². The van der Waals surface area contributed by atoms with Gasteiger partial charge in [0.2, 0.25) is 5.82 Å². The van der Waals surface area contributed by atoms with Crippen molar-refractivity contribution in [3.05, 3.63) is 34.2 Å². The van der Waals surface area contributed by atoms with Crippen LogP contribution in [0, 0.1) is 11.7 Å². The smallest absolute Gasteiger partial charge is 0.276 e. The summed E-state index contributed by atoms with van der Waals surface area (Å²) in [6.45, 7) is 1.02. The number of amidine groups is 1. The van der Waals surface area contributed by atoms with Gasteiger partial charge in [-0.3, -0.25) is 10.7 Å². The number of hydrogen-bond acceptors (Lipinski definition) is 8. The van der Waals surface area contributed by atoms with Crippen molar-refractivity contribution < 1.29 is 22.6 Å². The van der Waals surface area contributed by atoms with E-state index in [1.807, 2.05) is 5.48 Å². The summed E-state index contributed by atoms with van der Waals surface area (Å²) < 4.78 is 42.2. The summed E-state index contributed by atoms with van der Waals surface area (Å²) in [6, 6.07) is 4.06. The Morgan fingerprint density at radius 3 is 2.93 bits per heavy atom. The minimum atomic E-state index is -3.71. The number of nitrogens with two attached hydrogens (primary N) is 1. The van der Waals surface area contributed by atoms with Gasteiger partial charge in [0.05, 0.1) is 10.2 Å². The highest BCUT2D eigenvalue weighted by Gasteiger charge is 2.29. The molecule has 14 heteroatoms. The van der Waals surface area contributed by atoms with Gasteiger partial charge >= 0.3 is 0 Å². The molecule has 2 heterocycles. The lowest BCUT2D eigenvalue weighted by molar-refractivity contribution is 0.234. The van der Waals surface area contributed by atoms with Crippen molar-refractivity contribution in [2.75, 3.05) is 25.0 Å². The van der Waals surface area contributed by atoms with Gasteiger partial charge in [-0.15, -0.1) is 0 Å². The zero-order valence-electron chi connectivity index (χ0n) is 14.3. The largest absolute Gasteiger partial charge is 0.365 e. The number of anilines is 1. The van der Waals surface area contributed by atoms with Crippen LogP contribution in [-0.4, -0.2) is 53.7 Å². The van der Waals surface area contributed by atoms with Crippen LogP contribution in [-0.2, 0) is 10.2 Å². The highest BCUT2D eigenvalue weighted by atomic mass is 79.9. The maximum Gasteiger partial charge on any atom is 0.276 e. The van der Waals surface area contributed by atoms with E-state index in [2.05, 4.69) is 36.6 Å². The SMILES string of the molecule is NS(=O)(=O)N1CC[C@@H](CNc2nonc2C(=Nc2ccc(F)c(Br)c2)NO)C1. The summed E-state index contributed by atoms with van der Waals surface area (Å²) in [4.78, 5) is 4.16. The van der Waals surface area contributed by atoms with Crippen molar-refractivity contribution >= 4 is 43.5 Å². The monoisotopic (exact) mass is 477 g/mol. The molecule has 2 aromatic rings. The summed E-state index contributed by atoms with van der Waals surface area (Å²) in [5.41, 5.74) is 2.36. The third kappa shape index (κ3) is 4.82. The van der Waals surface area contributed by atoms with Gasteiger partial charge in [0.25, 0.3) is 10.2 Å². The molecular weight excluding hydrogens is 461 g/mol. The molecule has 1 fully saturated rings. The summed E-state index contributed by atoms with van der Waals surface area (Å²) in [7, 11) is -3.71. The number of halogens is 2. The fourth-order valence-corrected chi connectivity index (χ4v) is 3.86. The number of nitrogens with zero attached hydrogens (tertiary/aromatic N) is 4. The number of hydrogen-bond donors (Lipinski definition) is 4. The van der Waals surface area contributed by atoms with Crippen LogP contribution in [0.2, 0.25) is 0 Å². The van der Waals surface area contributed by atoms with Gasteiger partial charge in [0.15, 0.2) is 11.5 Å². The number of rotatable bonds is 6. The summed E-state index contributed by atoms with van der Waals surface area (Å²) in [5, 5.41) is 25.0. The van der Waals surface area contributed by atoms with Crippen LogP contribution in [0.15, 0.2) is 32.3 Å². The van der Waals surface area contributed by atoms with Crippen LogP contribution in [0.5, 0.6) is 0 Å². The van der Waals surface area contributed by atoms with Crippen molar-refractivity contribution in [1.29, 1.82) is 0 Å². The number of aliphatic imine (C=N–C) groups is 1. The van der Waals surface area contributed by atoms with Crippen LogP contribution >= 0.6 is 15.9 Å². The lowest BCUT2D eigenvalue weighted by atomic mass is 10.1. The molecule has 11 nitrogen and oxygen atoms in total. The van der Waals surface area contributed by atoms with Crippen LogP contribution < -0.4 is 15.9 Å². The van der Waals surface area contributed by atoms with E-state index in [1.165, 1.54) is 22.5 Å². The van der Waals surface area contributed by atoms with Gasteiger partial charge in [-0.2, -0.15) is 12.7 Å². The zero-order valence-corrected chi connectivity index (χ0v) is 16.7. The Hall–Kier alpha value is -2.13. The molecular formula is C14H17BrFN7O4S. The van der Waals surface area contributed by atoms with Crippen molar-refractivity contribution in [2.24, 2.45) is 16.0 Å². The number of hydroxylamine groups is 1. The molecule has 0 saturated carbocycles. The zero-order chi connectivity index (χ0) is 20.3. The maximum atomic E-state index is 13.3. The summed E-state index contributed by atoms with van der Waals surface area (Å²) in [5.74, 6) is -0.304. The first-order valence-corrected chi connectivity index (χ1v) is 10.4. The number of benzene rings is 1. The predicted octanol–water partition coefficient (Wildman–Crippen LogP) is 0.966. The minimum absolute atomic E-state index is 0.0124. The average Bonchev–Trinajstić information content (AvgIpc) is 3.29. The molecule has 0 radical (unpaired) electrons. The third-order valence-electron chi connectivity index (χ3n) is 4.13. The van der Waals surface area contributed by atoms with Gasteiger partial charge < -0.3 is 5.32 Å². The topological polar surface area (TPSA) is 159 Å². The van der Waals surface area contributed by atoms with Crippen LogP contribution in [0.4, 0.5) is 15.9 Å². The molecule has 0 amide bonds. The van der Waals surface area contributed by atoms with Gasteiger partial charge in [0.1, 0.15) is 5.82 Å². The highest BCUT2D eigenvalue weighted by Crippen LogP contribution is 2.24. The summed E-state index contributed by atoms with van der Waals surface area (Å²) >= 11 is 3.06. The molecule has 5 N–H and O–H groups in total. The van der Waals surface area contributed by atoms with E-state index in [0.717, 1.165) is 0 Å². The molecule has 0 aliphatic carbocycles. The molecule has 0 bridgehead atoms. The Morgan fingerprint density at radius 2 is 2.29 bits per heavy atom. The Morgan fingerprint density at radius 1 is 1.50 bits per heavy atom. The first kappa shape index (κ1) is 20.6. The number of aromatic nitrogens is 2. The van der Waals surface area contributed by atoms with Crippen molar-refractivity contribution in [3.63, 3.8) is 0 Å². The van der Waals surface area contributed by atoms with Gasteiger partial charge in [-0.05, 0) is 56.8 Å². The molecule has 1 aliphatic heterocycles. The van der Waals surface area contributed by atoms with Gasteiger partial charge in [0, 0.05) is 19.6 Å². The Balaban J connectivity index is 1.71. The first-order chi connectivity index (χ1) is 13.3. The van der Waals surface area contributed by atoms with Gasteiger partial charge in [-0.1, -0.05) is 0 Å². The molecule has 0 unspecified atom stereocenters. The highest BCUT2D eigenvalue weighted by molar-refractivity contribution is 9.10. The fourth-order valence-electron chi connectivity index (χ4n) is 2.71. The lowest BCUT2D eigenvalue weighted by Crippen LogP contribution is -2.35. The second kappa shape index (κ2) is 8.48. The molecule has 1 aromatic carbocycles. The van der Waals surface area contributed by atoms with Crippen LogP contribution in [0.25, 0.3) is 0 Å². The molecule has 0 spiro atoms. The number of nitrogens with one attached hydrogen (secondary N) is 2. The van der Waals surface area contributed by atoms with E-state index < -0.39 is 16.0 Å². The van der Waals surface area contributed by atoms with E-state index in [4.69, 9.17) is 9.77 Å². The summed E-state index contributed by atoms with van der Waals surface area (Å²) in [6.07, 6.45) is 0.632. The second-order valence-electron chi connectivity index (χ2n) is 6.07. The molecule has 1 atom stereocenters. The van der Waals surface area contributed by atoms with E-state index in [-0.39, 0.29) is 34.3 Å². The standard InChI is InChI=1S/C14H17BrFN7O4S/c15-10-5-9(1-2-11(10)16)19-14(20-24)12-13(22-27-21-12)18-6-8-3-4-23(7-8)28(17,25)26/h1-2,5,8,24H,3-4,6-7H2,(H,18,22)(H,19,20)(H2,17,25,26)/t8-/m0/s1. The average molecular weight is 478 g/mol. The lowest BCUT2D eigenvalue weighted by Gasteiger charge is -2.13. The van der Waals surface area contributed by atoms with E-state index in [0.29, 0.717) is 25.2 Å². The third-order valence-corrected chi connectivity index (χ3v) is 5.79. The Bertz CT molecular complexity index is 984. The molecule has 1 aromatic heterocycles. The molecule has 3 rings (SSSR count). The van der Waals surface area contributed by atoms with Crippen molar-refractivity contribution in [2.45, 2.75) is 6.42 Å². The van der Waals surface area contributed by atoms with E-state index >= 15 is 0 Å². The van der Waals surface area contributed by atoms with Crippen molar-refractivity contribution in [1.82, 2.24) is 20.1 Å². The Kier molecular flexibility index (Phi) is 6.24. The Labute approximate surface area is 168 Å². The molecule has 1 aliphatic rings. The van der Waals surface area contributed by atoms with E-state index in [1.54, 1.807) is 0 Å². The first-order valence-electron chi connectivity index (χ1n) is 8.06. The van der Waals surface area contributed by atoms with Crippen molar-refractivity contribution in [3.8, 4) is 0 Å².